The van der Waals surface area contributed by atoms with Gasteiger partial charge in [0.25, 0.3) is 0 Å². The second-order valence-corrected chi connectivity index (χ2v) is 5.77. The van der Waals surface area contributed by atoms with Crippen LogP contribution in [0.25, 0.3) is 0 Å². The summed E-state index contributed by atoms with van der Waals surface area (Å²) < 4.78 is 6.09. The van der Waals surface area contributed by atoms with E-state index in [0.29, 0.717) is 5.88 Å². The number of anilines is 2. The molecule has 1 fully saturated rings. The minimum atomic E-state index is -0.158. The van der Waals surface area contributed by atoms with Gasteiger partial charge in [0.1, 0.15) is 5.60 Å². The zero-order valence-electron chi connectivity index (χ0n) is 12.3. The van der Waals surface area contributed by atoms with Gasteiger partial charge in [-0.25, -0.2) is 4.98 Å². The molecule has 1 aromatic heterocycles. The van der Waals surface area contributed by atoms with Crippen LogP contribution >= 0.6 is 0 Å². The number of nitrogen functional groups attached to an aromatic ring is 1. The van der Waals surface area contributed by atoms with Gasteiger partial charge in [-0.3, -0.25) is 0 Å². The zero-order chi connectivity index (χ0) is 14.7. The molecule has 0 radical (unpaired) electrons. The molecule has 0 aliphatic carbocycles. The fraction of sp³-hybridized carbons (Fsp3) is 0.353. The molecule has 3 rings (SSSR count). The molecular formula is C17H21N3O. The van der Waals surface area contributed by atoms with Crippen molar-refractivity contribution in [2.75, 3.05) is 23.7 Å². The van der Waals surface area contributed by atoms with Crippen LogP contribution in [0.3, 0.4) is 0 Å². The quantitative estimate of drug-likeness (QED) is 0.879. The smallest absolute Gasteiger partial charge is 0.213 e. The molecule has 4 nitrogen and oxygen atoms in total. The van der Waals surface area contributed by atoms with Crippen LogP contribution in [0.4, 0.5) is 11.4 Å². The lowest BCUT2D eigenvalue weighted by Gasteiger charge is -2.40. The monoisotopic (exact) mass is 283 g/mol. The molecule has 2 aromatic rings. The summed E-state index contributed by atoms with van der Waals surface area (Å²) in [4.78, 5) is 6.59. The molecule has 110 valence electrons. The average Bonchev–Trinajstić information content (AvgIpc) is 2.50. The SMILES string of the molecule is CC1(Oc2ccccn2)CCN(c2ccccc2N)CC1. The number of ether oxygens (including phenoxy) is 1. The molecule has 2 N–H and O–H groups in total. The Morgan fingerprint density at radius 1 is 1.10 bits per heavy atom. The highest BCUT2D eigenvalue weighted by molar-refractivity contribution is 5.67. The van der Waals surface area contributed by atoms with Crippen molar-refractivity contribution in [3.05, 3.63) is 48.7 Å². The minimum Gasteiger partial charge on any atom is -0.471 e. The van der Waals surface area contributed by atoms with Crippen LogP contribution in [-0.2, 0) is 0 Å². The molecule has 21 heavy (non-hydrogen) atoms. The van der Waals surface area contributed by atoms with Gasteiger partial charge in [-0.05, 0) is 25.1 Å². The van der Waals surface area contributed by atoms with Crippen molar-refractivity contribution in [3.8, 4) is 5.88 Å². The molecule has 0 amide bonds. The normalized spacial score (nSPS) is 17.5. The summed E-state index contributed by atoms with van der Waals surface area (Å²) in [5, 5.41) is 0. The lowest BCUT2D eigenvalue weighted by molar-refractivity contribution is 0.0572. The van der Waals surface area contributed by atoms with Gasteiger partial charge in [0.05, 0.1) is 11.4 Å². The standard InChI is InChI=1S/C17H21N3O/c1-17(21-16-8-4-5-11-19-16)9-12-20(13-10-17)15-7-3-2-6-14(15)18/h2-8,11H,9-10,12-13,18H2,1H3. The fourth-order valence-corrected chi connectivity index (χ4v) is 2.76. The third kappa shape index (κ3) is 3.10. The first-order valence-corrected chi connectivity index (χ1v) is 7.36. The molecule has 2 heterocycles. The van der Waals surface area contributed by atoms with Crippen LogP contribution in [0.15, 0.2) is 48.7 Å². The number of hydrogen-bond acceptors (Lipinski definition) is 4. The number of nitrogens with two attached hydrogens (primary N) is 1. The molecule has 0 spiro atoms. The zero-order valence-corrected chi connectivity index (χ0v) is 12.3. The first-order chi connectivity index (χ1) is 10.2. The van der Waals surface area contributed by atoms with E-state index >= 15 is 0 Å². The summed E-state index contributed by atoms with van der Waals surface area (Å²) in [5.41, 5.74) is 7.86. The molecule has 4 heteroatoms. The van der Waals surface area contributed by atoms with Gasteiger partial charge in [-0.2, -0.15) is 0 Å². The van der Waals surface area contributed by atoms with Crippen molar-refractivity contribution in [3.63, 3.8) is 0 Å². The van der Waals surface area contributed by atoms with Crippen molar-refractivity contribution in [2.45, 2.75) is 25.4 Å². The number of pyridine rings is 1. The Balaban J connectivity index is 1.66. The number of hydrogen-bond donors (Lipinski definition) is 1. The number of benzene rings is 1. The minimum absolute atomic E-state index is 0.158. The lowest BCUT2D eigenvalue weighted by atomic mass is 9.93. The van der Waals surface area contributed by atoms with E-state index < -0.39 is 0 Å². The number of para-hydroxylation sites is 2. The fourth-order valence-electron chi connectivity index (χ4n) is 2.76. The summed E-state index contributed by atoms with van der Waals surface area (Å²) in [6.45, 7) is 4.04. The molecule has 0 atom stereocenters. The van der Waals surface area contributed by atoms with Crippen molar-refractivity contribution in [1.82, 2.24) is 4.98 Å². The van der Waals surface area contributed by atoms with Gasteiger partial charge in [0.15, 0.2) is 0 Å². The van der Waals surface area contributed by atoms with E-state index in [1.165, 1.54) is 0 Å². The van der Waals surface area contributed by atoms with Gasteiger partial charge in [-0.15, -0.1) is 0 Å². The van der Waals surface area contributed by atoms with Gasteiger partial charge in [-0.1, -0.05) is 18.2 Å². The predicted octanol–water partition coefficient (Wildman–Crippen LogP) is 3.10. The molecule has 0 bridgehead atoms. The Bertz CT molecular complexity index is 592. The first kappa shape index (κ1) is 13.7. The summed E-state index contributed by atoms with van der Waals surface area (Å²) >= 11 is 0. The van der Waals surface area contributed by atoms with Gasteiger partial charge < -0.3 is 15.4 Å². The maximum atomic E-state index is 6.09. The van der Waals surface area contributed by atoms with Crippen molar-refractivity contribution >= 4 is 11.4 Å². The number of rotatable bonds is 3. The highest BCUT2D eigenvalue weighted by Crippen LogP contribution is 2.32. The van der Waals surface area contributed by atoms with Gasteiger partial charge >= 0.3 is 0 Å². The molecule has 1 aliphatic rings. The Hall–Kier alpha value is -2.23. The number of piperidine rings is 1. The van der Waals surface area contributed by atoms with Crippen LogP contribution in [-0.4, -0.2) is 23.7 Å². The molecule has 1 aliphatic heterocycles. The molecule has 1 saturated heterocycles. The van der Waals surface area contributed by atoms with Crippen molar-refractivity contribution < 1.29 is 4.74 Å². The highest BCUT2D eigenvalue weighted by Gasteiger charge is 2.32. The van der Waals surface area contributed by atoms with E-state index in [9.17, 15) is 0 Å². The molecule has 0 saturated carbocycles. The van der Waals surface area contributed by atoms with Crippen LogP contribution < -0.4 is 15.4 Å². The van der Waals surface area contributed by atoms with Crippen molar-refractivity contribution in [2.24, 2.45) is 0 Å². The maximum Gasteiger partial charge on any atom is 0.213 e. The van der Waals surface area contributed by atoms with Crippen molar-refractivity contribution in [1.29, 1.82) is 0 Å². The summed E-state index contributed by atoms with van der Waals surface area (Å²) in [6.07, 6.45) is 3.67. The molecule has 0 unspecified atom stereocenters. The molecule has 1 aromatic carbocycles. The third-order valence-corrected chi connectivity index (χ3v) is 4.09. The average molecular weight is 283 g/mol. The van der Waals surface area contributed by atoms with E-state index in [1.807, 2.05) is 36.4 Å². The summed E-state index contributed by atoms with van der Waals surface area (Å²) in [5.74, 6) is 0.702. The Kier molecular flexibility index (Phi) is 3.69. The number of nitrogens with zero attached hydrogens (tertiary/aromatic N) is 2. The van der Waals surface area contributed by atoms with E-state index in [-0.39, 0.29) is 5.60 Å². The Labute approximate surface area is 125 Å². The topological polar surface area (TPSA) is 51.4 Å². The Morgan fingerprint density at radius 3 is 2.48 bits per heavy atom. The van der Waals surface area contributed by atoms with E-state index in [1.54, 1.807) is 6.20 Å². The maximum absolute atomic E-state index is 6.09. The Morgan fingerprint density at radius 2 is 1.81 bits per heavy atom. The van der Waals surface area contributed by atoms with Crippen LogP contribution in [0.1, 0.15) is 19.8 Å². The van der Waals surface area contributed by atoms with Gasteiger partial charge in [0, 0.05) is 38.2 Å². The third-order valence-electron chi connectivity index (χ3n) is 4.09. The van der Waals surface area contributed by atoms with E-state index in [0.717, 1.165) is 37.3 Å². The predicted molar refractivity (Wildman–Crippen MR) is 85.6 cm³/mol. The van der Waals surface area contributed by atoms with Crippen LogP contribution in [0.2, 0.25) is 0 Å². The van der Waals surface area contributed by atoms with Crippen LogP contribution in [0.5, 0.6) is 5.88 Å². The largest absolute Gasteiger partial charge is 0.471 e. The number of aromatic nitrogens is 1. The van der Waals surface area contributed by atoms with Crippen LogP contribution in [0, 0.1) is 0 Å². The lowest BCUT2D eigenvalue weighted by Crippen LogP contribution is -2.46. The summed E-state index contributed by atoms with van der Waals surface area (Å²) in [7, 11) is 0. The van der Waals surface area contributed by atoms with E-state index in [2.05, 4.69) is 22.9 Å². The highest BCUT2D eigenvalue weighted by atomic mass is 16.5. The first-order valence-electron chi connectivity index (χ1n) is 7.36. The molecular weight excluding hydrogens is 262 g/mol. The second-order valence-electron chi connectivity index (χ2n) is 5.77. The van der Waals surface area contributed by atoms with E-state index in [4.69, 9.17) is 10.5 Å². The summed E-state index contributed by atoms with van der Waals surface area (Å²) in [6, 6.07) is 13.8. The van der Waals surface area contributed by atoms with Gasteiger partial charge in [0.2, 0.25) is 5.88 Å². The second kappa shape index (κ2) is 5.64.